The van der Waals surface area contributed by atoms with Crippen molar-refractivity contribution in [1.29, 1.82) is 0 Å². The Morgan fingerprint density at radius 3 is 2.67 bits per heavy atom. The van der Waals surface area contributed by atoms with Crippen molar-refractivity contribution in [3.05, 3.63) is 12.2 Å². The summed E-state index contributed by atoms with van der Waals surface area (Å²) in [5, 5.41) is 32.7. The van der Waals surface area contributed by atoms with Gasteiger partial charge in [0.1, 0.15) is 17.7 Å². The first-order chi connectivity index (χ1) is 15.9. The van der Waals surface area contributed by atoms with E-state index in [9.17, 15) is 20.1 Å². The summed E-state index contributed by atoms with van der Waals surface area (Å²) in [7, 11) is 0. The van der Waals surface area contributed by atoms with Crippen molar-refractivity contribution in [2.24, 2.45) is 11.8 Å². The van der Waals surface area contributed by atoms with Gasteiger partial charge in [-0.15, -0.1) is 0 Å². The van der Waals surface area contributed by atoms with Crippen LogP contribution in [-0.4, -0.2) is 72.2 Å². The summed E-state index contributed by atoms with van der Waals surface area (Å²) in [5.41, 5.74) is 6.66. The maximum Gasteiger partial charge on any atom is 0.252 e. The quantitative estimate of drug-likeness (QED) is 0.378. The van der Waals surface area contributed by atoms with E-state index >= 15 is 0 Å². The molecule has 1 aliphatic heterocycles. The average molecular weight is 459 g/mol. The summed E-state index contributed by atoms with van der Waals surface area (Å²) in [4.78, 5) is 25.0. The van der Waals surface area contributed by atoms with Gasteiger partial charge in [-0.2, -0.15) is 0 Å². The zero-order chi connectivity index (χ0) is 23.5. The van der Waals surface area contributed by atoms with Crippen molar-refractivity contribution in [2.75, 3.05) is 18.9 Å². The van der Waals surface area contributed by atoms with E-state index in [0.717, 1.165) is 25.7 Å². The number of fused-ring (bicyclic) bond motifs is 1. The van der Waals surface area contributed by atoms with E-state index in [0.29, 0.717) is 36.0 Å². The highest BCUT2D eigenvalue weighted by Gasteiger charge is 2.47. The lowest BCUT2D eigenvalue weighted by Crippen LogP contribution is -2.42. The minimum atomic E-state index is -1.40. The van der Waals surface area contributed by atoms with Gasteiger partial charge in [-0.1, -0.05) is 5.92 Å². The summed E-state index contributed by atoms with van der Waals surface area (Å²) in [5.74, 6) is 6.84. The molecule has 1 aliphatic carbocycles. The van der Waals surface area contributed by atoms with Gasteiger partial charge in [-0.3, -0.25) is 9.36 Å². The Morgan fingerprint density at radius 1 is 1.24 bits per heavy atom. The Morgan fingerprint density at radius 2 is 1.97 bits per heavy atom. The number of likely N-dealkylation sites (N-methyl/N-ethyl adjacent to an activating group) is 1. The normalized spacial score (nSPS) is 29.6. The molecule has 0 radical (unpaired) electrons. The van der Waals surface area contributed by atoms with E-state index in [4.69, 9.17) is 10.5 Å². The molecule has 1 saturated carbocycles. The Hall–Kier alpha value is -2.78. The average Bonchev–Trinajstić information content (AvgIpc) is 3.36. The Balaban J connectivity index is 1.53. The second kappa shape index (κ2) is 10.0. The number of nitrogen functional groups attached to an aromatic ring is 1. The number of hydrogen-bond donors (Lipinski definition) is 5. The van der Waals surface area contributed by atoms with Crippen LogP contribution in [0.3, 0.4) is 0 Å². The molecule has 4 atom stereocenters. The number of hydrogen-bond acceptors (Lipinski definition) is 9. The maximum atomic E-state index is 12.2. The van der Waals surface area contributed by atoms with Gasteiger partial charge in [0.25, 0.3) is 5.91 Å². The van der Waals surface area contributed by atoms with Crippen LogP contribution in [0.2, 0.25) is 0 Å². The number of ether oxygens (including phenoxy) is 1. The van der Waals surface area contributed by atoms with Gasteiger partial charge in [-0.25, -0.2) is 15.0 Å². The summed E-state index contributed by atoms with van der Waals surface area (Å²) in [6.07, 6.45) is 1.15. The molecule has 0 aromatic carbocycles. The number of aliphatic hydroxyl groups is 3. The van der Waals surface area contributed by atoms with Crippen molar-refractivity contribution >= 4 is 22.9 Å². The zero-order valence-electron chi connectivity index (χ0n) is 18.5. The van der Waals surface area contributed by atoms with Crippen molar-refractivity contribution in [3.63, 3.8) is 0 Å². The number of imidazole rings is 1. The number of rotatable bonds is 5. The van der Waals surface area contributed by atoms with Crippen LogP contribution in [0.4, 0.5) is 5.82 Å². The second-order valence-corrected chi connectivity index (χ2v) is 8.65. The van der Waals surface area contributed by atoms with Crippen LogP contribution < -0.4 is 11.1 Å². The number of aliphatic hydroxyl groups excluding tert-OH is 3. The molecule has 3 heterocycles. The highest BCUT2D eigenvalue weighted by Crippen LogP contribution is 2.32. The molecule has 178 valence electrons. The molecular formula is C22H30N6O5. The van der Waals surface area contributed by atoms with Crippen molar-refractivity contribution < 1.29 is 24.9 Å². The number of nitrogens with two attached hydrogens (primary N) is 1. The van der Waals surface area contributed by atoms with E-state index in [1.165, 1.54) is 10.9 Å². The number of amides is 1. The van der Waals surface area contributed by atoms with Crippen LogP contribution in [0.5, 0.6) is 0 Å². The molecule has 2 fully saturated rings. The monoisotopic (exact) mass is 458 g/mol. The third kappa shape index (κ3) is 4.79. The Kier molecular flexibility index (Phi) is 7.09. The number of carbonyl (C=O) groups is 1. The summed E-state index contributed by atoms with van der Waals surface area (Å²) < 4.78 is 7.10. The van der Waals surface area contributed by atoms with Crippen molar-refractivity contribution in [1.82, 2.24) is 24.8 Å². The number of nitrogens with zero attached hydrogens (tertiary/aromatic N) is 4. The molecule has 33 heavy (non-hydrogen) atoms. The minimum Gasteiger partial charge on any atom is -0.396 e. The number of anilines is 1. The lowest BCUT2D eigenvalue weighted by atomic mass is 9.81. The molecule has 11 nitrogen and oxygen atoms in total. The number of aromatic nitrogens is 4. The second-order valence-electron chi connectivity index (χ2n) is 8.65. The summed E-state index contributed by atoms with van der Waals surface area (Å²) >= 11 is 0. The molecule has 2 aromatic rings. The fourth-order valence-electron chi connectivity index (χ4n) is 4.45. The smallest absolute Gasteiger partial charge is 0.252 e. The van der Waals surface area contributed by atoms with Crippen molar-refractivity contribution in [2.45, 2.75) is 63.6 Å². The lowest BCUT2D eigenvalue weighted by Gasteiger charge is -2.25. The Labute approximate surface area is 191 Å². The van der Waals surface area contributed by atoms with E-state index in [-0.39, 0.29) is 18.2 Å². The molecule has 0 bridgehead atoms. The van der Waals surface area contributed by atoms with Gasteiger partial charge >= 0.3 is 0 Å². The van der Waals surface area contributed by atoms with Gasteiger partial charge < -0.3 is 31.1 Å². The molecule has 1 unspecified atom stereocenters. The molecule has 1 saturated heterocycles. The molecule has 1 amide bonds. The first-order valence-electron chi connectivity index (χ1n) is 11.3. The highest BCUT2D eigenvalue weighted by atomic mass is 16.6. The van der Waals surface area contributed by atoms with Crippen LogP contribution in [0.25, 0.3) is 11.2 Å². The van der Waals surface area contributed by atoms with Gasteiger partial charge in [0.05, 0.1) is 6.33 Å². The van der Waals surface area contributed by atoms with Crippen LogP contribution in [-0.2, 0) is 9.53 Å². The molecule has 2 aliphatic rings. The first kappa shape index (κ1) is 23.4. The topological polar surface area (TPSA) is 169 Å². The maximum absolute atomic E-state index is 12.2. The number of nitrogens with one attached hydrogen (secondary N) is 1. The first-order valence-corrected chi connectivity index (χ1v) is 11.3. The fourth-order valence-corrected chi connectivity index (χ4v) is 4.45. The van der Waals surface area contributed by atoms with Crippen LogP contribution in [0, 0.1) is 23.7 Å². The van der Waals surface area contributed by atoms with E-state index in [2.05, 4.69) is 32.1 Å². The summed E-state index contributed by atoms with van der Waals surface area (Å²) in [6.45, 7) is 2.37. The van der Waals surface area contributed by atoms with E-state index in [1.807, 2.05) is 0 Å². The third-order valence-corrected chi connectivity index (χ3v) is 6.39. The molecular weight excluding hydrogens is 428 g/mol. The highest BCUT2D eigenvalue weighted by molar-refractivity contribution is 5.83. The standard InChI is InChI=1S/C22H30N6O5/c1-2-24-21(32)18-16(30)17(31)22(33-18)28-11-25-15-19(23)26-14(27-20(15)28)5-3-4-12-6-8-13(10-29)9-7-12/h11-13,16-18,22,29-31H,2,4,6-10H2,1H3,(H,24,32)(H2,23,26,27)/t12?,13?,16-,17?,18+,22-/m1/s1. The lowest BCUT2D eigenvalue weighted by molar-refractivity contribution is -0.137. The van der Waals surface area contributed by atoms with Crippen LogP contribution in [0.15, 0.2) is 6.33 Å². The molecule has 11 heteroatoms. The third-order valence-electron chi connectivity index (χ3n) is 6.39. The van der Waals surface area contributed by atoms with Crippen LogP contribution >= 0.6 is 0 Å². The van der Waals surface area contributed by atoms with E-state index in [1.54, 1.807) is 6.92 Å². The Bertz CT molecular complexity index is 1050. The van der Waals surface area contributed by atoms with Gasteiger partial charge in [0.15, 0.2) is 23.8 Å². The molecule has 0 spiro atoms. The fraction of sp³-hybridized carbons (Fsp3) is 0.636. The van der Waals surface area contributed by atoms with Crippen LogP contribution in [0.1, 0.15) is 51.1 Å². The molecule has 4 rings (SSSR count). The molecule has 6 N–H and O–H groups in total. The van der Waals surface area contributed by atoms with Gasteiger partial charge in [0, 0.05) is 19.6 Å². The van der Waals surface area contributed by atoms with Gasteiger partial charge in [-0.05, 0) is 50.4 Å². The van der Waals surface area contributed by atoms with Crippen molar-refractivity contribution in [3.8, 4) is 11.8 Å². The molecule has 2 aromatic heterocycles. The SMILES string of the molecule is CCNC(=O)[C@H]1O[C@@H](n2cnc3c(N)nc(C#CCC4CCC(CO)CC4)nc32)C(O)[C@H]1O. The predicted molar refractivity (Wildman–Crippen MR) is 118 cm³/mol. The predicted octanol–water partition coefficient (Wildman–Crippen LogP) is -0.296. The van der Waals surface area contributed by atoms with E-state index < -0.39 is 30.4 Å². The van der Waals surface area contributed by atoms with Gasteiger partial charge in [0.2, 0.25) is 5.82 Å². The largest absolute Gasteiger partial charge is 0.396 e. The number of carbonyl (C=O) groups excluding carboxylic acids is 1. The zero-order valence-corrected chi connectivity index (χ0v) is 18.5. The minimum absolute atomic E-state index is 0.139. The summed E-state index contributed by atoms with van der Waals surface area (Å²) in [6, 6.07) is 0.